The van der Waals surface area contributed by atoms with Crippen LogP contribution in [0.3, 0.4) is 0 Å². The molecule has 0 aliphatic heterocycles. The van der Waals surface area contributed by atoms with Crippen LogP contribution in [0.25, 0.3) is 0 Å². The summed E-state index contributed by atoms with van der Waals surface area (Å²) in [5.41, 5.74) is 4.19. The van der Waals surface area contributed by atoms with Crippen molar-refractivity contribution in [2.75, 3.05) is 13.7 Å². The largest absolute Gasteiger partial charge is 0.497 e. The van der Waals surface area contributed by atoms with Gasteiger partial charge in [0.1, 0.15) is 5.75 Å². The van der Waals surface area contributed by atoms with Gasteiger partial charge in [0.25, 0.3) is 0 Å². The lowest BCUT2D eigenvalue weighted by Gasteiger charge is -2.31. The number of rotatable bonds is 6. The Morgan fingerprint density at radius 3 is 2.70 bits per heavy atom. The molecule has 23 heavy (non-hydrogen) atoms. The topological polar surface area (TPSA) is 18.5 Å². The maximum absolute atomic E-state index is 5.91. The highest BCUT2D eigenvalue weighted by atomic mass is 16.5. The van der Waals surface area contributed by atoms with Crippen LogP contribution in [0.5, 0.6) is 5.75 Å². The predicted octanol–water partition coefficient (Wildman–Crippen LogP) is 4.97. The molecule has 2 atom stereocenters. The quantitative estimate of drug-likeness (QED) is 0.701. The van der Waals surface area contributed by atoms with E-state index >= 15 is 0 Å². The van der Waals surface area contributed by atoms with Gasteiger partial charge >= 0.3 is 0 Å². The van der Waals surface area contributed by atoms with Crippen LogP contribution in [-0.2, 0) is 17.8 Å². The van der Waals surface area contributed by atoms with Gasteiger partial charge in [-0.25, -0.2) is 0 Å². The van der Waals surface area contributed by atoms with Gasteiger partial charge in [0.15, 0.2) is 0 Å². The molecule has 0 radical (unpaired) electrons. The van der Waals surface area contributed by atoms with Crippen LogP contribution in [-0.4, -0.2) is 13.7 Å². The van der Waals surface area contributed by atoms with Crippen molar-refractivity contribution < 1.29 is 9.47 Å². The molecule has 1 aliphatic rings. The summed E-state index contributed by atoms with van der Waals surface area (Å²) in [7, 11) is 1.74. The highest BCUT2D eigenvalue weighted by Gasteiger charge is 2.26. The molecular formula is C21H26O2. The summed E-state index contributed by atoms with van der Waals surface area (Å²) in [6, 6.07) is 16.9. The van der Waals surface area contributed by atoms with Gasteiger partial charge in [-0.3, -0.25) is 0 Å². The van der Waals surface area contributed by atoms with E-state index in [4.69, 9.17) is 9.47 Å². The summed E-state index contributed by atoms with van der Waals surface area (Å²) in [5, 5.41) is 0. The van der Waals surface area contributed by atoms with Crippen molar-refractivity contribution in [1.82, 2.24) is 0 Å². The molecule has 0 saturated heterocycles. The molecule has 0 saturated carbocycles. The van der Waals surface area contributed by atoms with E-state index in [1.807, 2.05) is 6.07 Å². The zero-order valence-electron chi connectivity index (χ0n) is 14.1. The fourth-order valence-electron chi connectivity index (χ4n) is 3.58. The summed E-state index contributed by atoms with van der Waals surface area (Å²) in [6.45, 7) is 3.87. The van der Waals surface area contributed by atoms with Gasteiger partial charge in [0.2, 0.25) is 0 Å². The summed E-state index contributed by atoms with van der Waals surface area (Å²) in [4.78, 5) is 0. The Balaban J connectivity index is 1.61. The first-order chi connectivity index (χ1) is 11.3. The molecule has 0 amide bonds. The van der Waals surface area contributed by atoms with Gasteiger partial charge in [-0.1, -0.05) is 43.3 Å². The van der Waals surface area contributed by atoms with Gasteiger partial charge in [-0.2, -0.15) is 0 Å². The van der Waals surface area contributed by atoms with E-state index < -0.39 is 0 Å². The number of fused-ring (bicyclic) bond motifs is 1. The van der Waals surface area contributed by atoms with Crippen molar-refractivity contribution in [2.24, 2.45) is 5.92 Å². The molecule has 2 aromatic rings. The summed E-state index contributed by atoms with van der Waals surface area (Å²) < 4.78 is 11.3. The molecule has 0 aromatic heterocycles. The molecule has 0 heterocycles. The second-order valence-corrected chi connectivity index (χ2v) is 6.51. The zero-order valence-corrected chi connectivity index (χ0v) is 14.1. The Labute approximate surface area is 139 Å². The van der Waals surface area contributed by atoms with Crippen molar-refractivity contribution in [3.63, 3.8) is 0 Å². The molecule has 0 N–H and O–H groups in total. The van der Waals surface area contributed by atoms with Crippen LogP contribution in [0.1, 0.15) is 42.4 Å². The van der Waals surface area contributed by atoms with E-state index in [-0.39, 0.29) is 0 Å². The summed E-state index contributed by atoms with van der Waals surface area (Å²) >= 11 is 0. The summed E-state index contributed by atoms with van der Waals surface area (Å²) in [5.74, 6) is 2.24. The van der Waals surface area contributed by atoms with Crippen molar-refractivity contribution >= 4 is 0 Å². The molecule has 2 aromatic carbocycles. The smallest absolute Gasteiger partial charge is 0.119 e. The van der Waals surface area contributed by atoms with E-state index in [1.165, 1.54) is 29.5 Å². The molecule has 2 heteroatoms. The second-order valence-electron chi connectivity index (χ2n) is 6.51. The normalized spacial score (nSPS) is 20.1. The molecule has 0 bridgehead atoms. The molecule has 3 rings (SSSR count). The molecule has 122 valence electrons. The third kappa shape index (κ3) is 3.94. The highest BCUT2D eigenvalue weighted by molar-refractivity contribution is 5.40. The fraction of sp³-hybridized carbons (Fsp3) is 0.429. The Kier molecular flexibility index (Phi) is 5.35. The molecule has 0 spiro atoms. The van der Waals surface area contributed by atoms with Gasteiger partial charge in [0.05, 0.1) is 13.7 Å². The molecule has 2 nitrogen and oxygen atoms in total. The number of hydrogen-bond acceptors (Lipinski definition) is 2. The van der Waals surface area contributed by atoms with Crippen molar-refractivity contribution in [2.45, 2.75) is 38.7 Å². The highest BCUT2D eigenvalue weighted by Crippen LogP contribution is 2.39. The Morgan fingerprint density at radius 1 is 1.09 bits per heavy atom. The fourth-order valence-corrected chi connectivity index (χ4v) is 3.58. The average Bonchev–Trinajstić information content (AvgIpc) is 2.60. The Morgan fingerprint density at radius 2 is 1.91 bits per heavy atom. The lowest BCUT2D eigenvalue weighted by molar-refractivity contribution is 0.108. The van der Waals surface area contributed by atoms with E-state index in [2.05, 4.69) is 49.4 Å². The standard InChI is InChI=1S/C21H26O2/c1-16-8-9-18-10-11-19(22-2)14-21(18)20(16)12-13-23-15-17-6-4-3-5-7-17/h3-7,10-11,14,16,20H,8-9,12-13,15H2,1-2H3. The first kappa shape index (κ1) is 16.1. The Hall–Kier alpha value is -1.80. The molecule has 2 unspecified atom stereocenters. The first-order valence-corrected chi connectivity index (χ1v) is 8.56. The van der Waals surface area contributed by atoms with Crippen molar-refractivity contribution in [1.29, 1.82) is 0 Å². The minimum Gasteiger partial charge on any atom is -0.497 e. The van der Waals surface area contributed by atoms with E-state index in [1.54, 1.807) is 7.11 Å². The van der Waals surface area contributed by atoms with Crippen molar-refractivity contribution in [3.05, 3.63) is 65.2 Å². The maximum atomic E-state index is 5.91. The van der Waals surface area contributed by atoms with Crippen LogP contribution < -0.4 is 4.74 Å². The number of benzene rings is 2. The van der Waals surface area contributed by atoms with E-state index in [0.29, 0.717) is 18.4 Å². The lowest BCUT2D eigenvalue weighted by Crippen LogP contribution is -2.20. The number of aryl methyl sites for hydroxylation is 1. The zero-order chi connectivity index (χ0) is 16.1. The minimum atomic E-state index is 0.574. The molecule has 0 fully saturated rings. The number of hydrogen-bond donors (Lipinski definition) is 0. The summed E-state index contributed by atoms with van der Waals surface area (Å²) in [6.07, 6.45) is 3.53. The van der Waals surface area contributed by atoms with Gasteiger partial charge in [0, 0.05) is 6.61 Å². The average molecular weight is 310 g/mol. The second kappa shape index (κ2) is 7.65. The van der Waals surface area contributed by atoms with Crippen LogP contribution >= 0.6 is 0 Å². The first-order valence-electron chi connectivity index (χ1n) is 8.56. The van der Waals surface area contributed by atoms with E-state index in [9.17, 15) is 0 Å². The minimum absolute atomic E-state index is 0.574. The van der Waals surface area contributed by atoms with Gasteiger partial charge < -0.3 is 9.47 Å². The van der Waals surface area contributed by atoms with Crippen LogP contribution in [0.15, 0.2) is 48.5 Å². The monoisotopic (exact) mass is 310 g/mol. The SMILES string of the molecule is COc1ccc2c(c1)C(CCOCc1ccccc1)C(C)CC2. The maximum Gasteiger partial charge on any atom is 0.119 e. The van der Waals surface area contributed by atoms with Crippen LogP contribution in [0.2, 0.25) is 0 Å². The molecular weight excluding hydrogens is 284 g/mol. The lowest BCUT2D eigenvalue weighted by atomic mass is 9.74. The Bertz CT molecular complexity index is 621. The van der Waals surface area contributed by atoms with E-state index in [0.717, 1.165) is 18.8 Å². The van der Waals surface area contributed by atoms with Gasteiger partial charge in [-0.15, -0.1) is 0 Å². The predicted molar refractivity (Wildman–Crippen MR) is 93.9 cm³/mol. The number of ether oxygens (including phenoxy) is 2. The van der Waals surface area contributed by atoms with Crippen LogP contribution in [0, 0.1) is 5.92 Å². The third-order valence-corrected chi connectivity index (χ3v) is 4.99. The molecule has 1 aliphatic carbocycles. The van der Waals surface area contributed by atoms with Crippen molar-refractivity contribution in [3.8, 4) is 5.75 Å². The van der Waals surface area contributed by atoms with Gasteiger partial charge in [-0.05, 0) is 59.9 Å². The van der Waals surface area contributed by atoms with Crippen LogP contribution in [0.4, 0.5) is 0 Å². The third-order valence-electron chi connectivity index (χ3n) is 4.99. The number of methoxy groups -OCH3 is 1.